The monoisotopic (exact) mass is 355 g/mol. The molecular formula is C15H22BrN3O2. The van der Waals surface area contributed by atoms with E-state index < -0.39 is 0 Å². The molecule has 0 atom stereocenters. The quantitative estimate of drug-likeness (QED) is 0.628. The number of nitro groups is 1. The van der Waals surface area contributed by atoms with Gasteiger partial charge in [-0.05, 0) is 38.6 Å². The third-order valence-electron chi connectivity index (χ3n) is 4.42. The van der Waals surface area contributed by atoms with Gasteiger partial charge in [-0.25, -0.2) is 0 Å². The van der Waals surface area contributed by atoms with E-state index in [1.54, 1.807) is 6.07 Å². The van der Waals surface area contributed by atoms with Crippen molar-refractivity contribution in [3.8, 4) is 0 Å². The number of likely N-dealkylation sites (N-methyl/N-ethyl adjacent to an activating group) is 1. The predicted octanol–water partition coefficient (Wildman–Crippen LogP) is 3.32. The Bertz CT molecular complexity index is 514. The minimum atomic E-state index is -0.355. The van der Waals surface area contributed by atoms with Gasteiger partial charge in [0.2, 0.25) is 0 Å². The maximum atomic E-state index is 10.9. The van der Waals surface area contributed by atoms with Crippen LogP contribution in [0.4, 0.5) is 5.69 Å². The third-order valence-corrected chi connectivity index (χ3v) is 4.88. The van der Waals surface area contributed by atoms with Gasteiger partial charge in [0.05, 0.1) is 4.92 Å². The summed E-state index contributed by atoms with van der Waals surface area (Å²) in [7, 11) is 4.27. The highest BCUT2D eigenvalue weighted by Gasteiger charge is 2.35. The topological polar surface area (TPSA) is 58.4 Å². The van der Waals surface area contributed by atoms with Gasteiger partial charge in [-0.1, -0.05) is 28.8 Å². The first-order chi connectivity index (χ1) is 9.93. The number of nitro benzene ring substituents is 1. The van der Waals surface area contributed by atoms with Crippen molar-refractivity contribution in [3.05, 3.63) is 38.3 Å². The zero-order chi connectivity index (χ0) is 15.5. The Morgan fingerprint density at radius 1 is 1.33 bits per heavy atom. The minimum Gasteiger partial charge on any atom is -0.311 e. The van der Waals surface area contributed by atoms with Gasteiger partial charge in [-0.3, -0.25) is 10.1 Å². The number of benzene rings is 1. The van der Waals surface area contributed by atoms with Crippen LogP contribution in [0.15, 0.2) is 22.7 Å². The van der Waals surface area contributed by atoms with Gasteiger partial charge in [0.25, 0.3) is 5.69 Å². The Kier molecular flexibility index (Phi) is 5.35. The van der Waals surface area contributed by atoms with Crippen LogP contribution >= 0.6 is 15.9 Å². The first-order valence-electron chi connectivity index (χ1n) is 7.25. The van der Waals surface area contributed by atoms with Crippen molar-refractivity contribution < 1.29 is 4.92 Å². The molecule has 21 heavy (non-hydrogen) atoms. The Balaban J connectivity index is 1.98. The standard InChI is InChI=1S/C15H22BrN3O2/c1-18(2)15(5-3-4-6-15)11-17-10-12-7-13(16)9-14(8-12)19(20)21/h7-9,17H,3-6,10-11H2,1-2H3. The molecule has 2 rings (SSSR count). The molecule has 0 heterocycles. The number of rotatable bonds is 6. The number of nitrogens with zero attached hydrogens (tertiary/aromatic N) is 2. The minimum absolute atomic E-state index is 0.129. The van der Waals surface area contributed by atoms with Crippen molar-refractivity contribution in [2.45, 2.75) is 37.8 Å². The van der Waals surface area contributed by atoms with Crippen LogP contribution in [0, 0.1) is 10.1 Å². The lowest BCUT2D eigenvalue weighted by Gasteiger charge is -2.36. The second-order valence-corrected chi connectivity index (χ2v) is 6.92. The molecule has 0 aromatic heterocycles. The molecule has 0 bridgehead atoms. The van der Waals surface area contributed by atoms with Gasteiger partial charge in [0.1, 0.15) is 0 Å². The van der Waals surface area contributed by atoms with E-state index in [-0.39, 0.29) is 16.1 Å². The zero-order valence-electron chi connectivity index (χ0n) is 12.6. The maximum Gasteiger partial charge on any atom is 0.270 e. The molecule has 1 saturated carbocycles. The van der Waals surface area contributed by atoms with Crippen LogP contribution in [0.2, 0.25) is 0 Å². The van der Waals surface area contributed by atoms with Crippen molar-refractivity contribution in [1.29, 1.82) is 0 Å². The Hall–Kier alpha value is -0.980. The molecule has 1 aromatic carbocycles. The van der Waals surface area contributed by atoms with Crippen molar-refractivity contribution >= 4 is 21.6 Å². The van der Waals surface area contributed by atoms with E-state index in [1.165, 1.54) is 31.7 Å². The number of hydrogen-bond acceptors (Lipinski definition) is 4. The van der Waals surface area contributed by atoms with Gasteiger partial charge in [-0.2, -0.15) is 0 Å². The summed E-state index contributed by atoms with van der Waals surface area (Å²) in [4.78, 5) is 12.8. The average Bonchev–Trinajstić information content (AvgIpc) is 2.88. The van der Waals surface area contributed by atoms with Gasteiger partial charge in [-0.15, -0.1) is 0 Å². The van der Waals surface area contributed by atoms with E-state index >= 15 is 0 Å². The SMILES string of the molecule is CN(C)C1(CNCc2cc(Br)cc([N+](=O)[O-])c2)CCCC1. The first kappa shape index (κ1) is 16.4. The molecule has 1 fully saturated rings. The summed E-state index contributed by atoms with van der Waals surface area (Å²) >= 11 is 3.33. The fraction of sp³-hybridized carbons (Fsp3) is 0.600. The number of hydrogen-bond donors (Lipinski definition) is 1. The lowest BCUT2D eigenvalue weighted by Crippen LogP contribution is -2.49. The smallest absolute Gasteiger partial charge is 0.270 e. The summed E-state index contributed by atoms with van der Waals surface area (Å²) in [5, 5.41) is 14.4. The van der Waals surface area contributed by atoms with Crippen LogP contribution in [0.1, 0.15) is 31.2 Å². The van der Waals surface area contributed by atoms with Crippen LogP contribution < -0.4 is 5.32 Å². The van der Waals surface area contributed by atoms with Crippen molar-refractivity contribution in [3.63, 3.8) is 0 Å². The van der Waals surface area contributed by atoms with E-state index in [0.29, 0.717) is 6.54 Å². The molecule has 1 aliphatic carbocycles. The van der Waals surface area contributed by atoms with Crippen LogP contribution in [-0.4, -0.2) is 36.0 Å². The molecule has 0 radical (unpaired) electrons. The van der Waals surface area contributed by atoms with E-state index in [9.17, 15) is 10.1 Å². The molecule has 0 saturated heterocycles. The normalized spacial score (nSPS) is 17.3. The molecule has 1 N–H and O–H groups in total. The number of nitrogens with one attached hydrogen (secondary N) is 1. The average molecular weight is 356 g/mol. The fourth-order valence-electron chi connectivity index (χ4n) is 3.10. The summed E-state index contributed by atoms with van der Waals surface area (Å²) in [6.45, 7) is 1.57. The van der Waals surface area contributed by atoms with Crippen molar-refractivity contribution in [2.24, 2.45) is 0 Å². The third kappa shape index (κ3) is 4.02. The Morgan fingerprint density at radius 2 is 2.00 bits per heavy atom. The summed E-state index contributed by atoms with van der Waals surface area (Å²) < 4.78 is 0.747. The molecule has 1 aliphatic rings. The highest BCUT2D eigenvalue weighted by atomic mass is 79.9. The molecule has 5 nitrogen and oxygen atoms in total. The van der Waals surface area contributed by atoms with E-state index in [2.05, 4.69) is 40.2 Å². The van der Waals surface area contributed by atoms with Gasteiger partial charge >= 0.3 is 0 Å². The largest absolute Gasteiger partial charge is 0.311 e. The van der Waals surface area contributed by atoms with Gasteiger partial charge in [0.15, 0.2) is 0 Å². The highest BCUT2D eigenvalue weighted by Crippen LogP contribution is 2.33. The lowest BCUT2D eigenvalue weighted by atomic mass is 9.96. The molecule has 0 amide bonds. The lowest BCUT2D eigenvalue weighted by molar-refractivity contribution is -0.385. The van der Waals surface area contributed by atoms with Gasteiger partial charge in [0, 0.05) is 35.2 Å². The summed E-state index contributed by atoms with van der Waals surface area (Å²) in [5.41, 5.74) is 1.30. The van der Waals surface area contributed by atoms with Crippen molar-refractivity contribution in [2.75, 3.05) is 20.6 Å². The summed E-state index contributed by atoms with van der Waals surface area (Å²) in [6.07, 6.45) is 4.99. The second kappa shape index (κ2) is 6.85. The van der Waals surface area contributed by atoms with E-state index in [1.807, 2.05) is 6.07 Å². The molecule has 0 unspecified atom stereocenters. The van der Waals surface area contributed by atoms with E-state index in [0.717, 1.165) is 16.6 Å². The van der Waals surface area contributed by atoms with E-state index in [4.69, 9.17) is 0 Å². The molecule has 1 aromatic rings. The Morgan fingerprint density at radius 3 is 2.57 bits per heavy atom. The second-order valence-electron chi connectivity index (χ2n) is 6.00. The molecular weight excluding hydrogens is 334 g/mol. The number of halogens is 1. The van der Waals surface area contributed by atoms with Crippen LogP contribution in [0.25, 0.3) is 0 Å². The molecule has 0 aliphatic heterocycles. The first-order valence-corrected chi connectivity index (χ1v) is 8.04. The predicted molar refractivity (Wildman–Crippen MR) is 87.4 cm³/mol. The maximum absolute atomic E-state index is 10.9. The van der Waals surface area contributed by atoms with Crippen LogP contribution in [0.3, 0.4) is 0 Å². The highest BCUT2D eigenvalue weighted by molar-refractivity contribution is 9.10. The Labute approximate surface area is 134 Å². The molecule has 116 valence electrons. The summed E-state index contributed by atoms with van der Waals surface area (Å²) in [6, 6.07) is 5.09. The zero-order valence-corrected chi connectivity index (χ0v) is 14.1. The fourth-order valence-corrected chi connectivity index (χ4v) is 3.62. The molecule has 6 heteroatoms. The number of non-ortho nitro benzene ring substituents is 1. The van der Waals surface area contributed by atoms with Gasteiger partial charge < -0.3 is 10.2 Å². The summed E-state index contributed by atoms with van der Waals surface area (Å²) in [5.74, 6) is 0. The van der Waals surface area contributed by atoms with Crippen molar-refractivity contribution in [1.82, 2.24) is 10.2 Å². The van der Waals surface area contributed by atoms with Crippen LogP contribution in [0.5, 0.6) is 0 Å². The van der Waals surface area contributed by atoms with Crippen LogP contribution in [-0.2, 0) is 6.54 Å². The molecule has 0 spiro atoms.